The molecule has 0 atom stereocenters. The van der Waals surface area contributed by atoms with Crippen LogP contribution in [0.2, 0.25) is 5.02 Å². The maximum Gasteiger partial charge on any atom is 0.287 e. The van der Waals surface area contributed by atoms with Gasteiger partial charge in [-0.25, -0.2) is 13.1 Å². The van der Waals surface area contributed by atoms with Crippen molar-refractivity contribution in [3.63, 3.8) is 0 Å². The predicted octanol–water partition coefficient (Wildman–Crippen LogP) is 2.18. The van der Waals surface area contributed by atoms with E-state index in [4.69, 9.17) is 16.0 Å². The molecule has 2 heterocycles. The minimum Gasteiger partial charge on any atom is -0.459 e. The number of nitrogens with zero attached hydrogens (tertiary/aromatic N) is 1. The molecule has 0 saturated carbocycles. The quantitative estimate of drug-likeness (QED) is 0.742. The van der Waals surface area contributed by atoms with E-state index in [-0.39, 0.29) is 39.1 Å². The number of halogens is 1. The van der Waals surface area contributed by atoms with Crippen LogP contribution in [0.25, 0.3) is 0 Å². The minimum atomic E-state index is -3.68. The number of amides is 2. The summed E-state index contributed by atoms with van der Waals surface area (Å²) in [6, 6.07) is 5.68. The number of nitrogens with one attached hydrogen (secondary N) is 2. The van der Waals surface area contributed by atoms with Gasteiger partial charge in [0.1, 0.15) is 0 Å². The lowest BCUT2D eigenvalue weighted by Crippen LogP contribution is -2.46. The molecule has 1 aliphatic rings. The van der Waals surface area contributed by atoms with Gasteiger partial charge in [-0.1, -0.05) is 11.6 Å². The largest absolute Gasteiger partial charge is 0.459 e. The van der Waals surface area contributed by atoms with E-state index < -0.39 is 10.0 Å². The van der Waals surface area contributed by atoms with Crippen molar-refractivity contribution in [1.82, 2.24) is 14.9 Å². The highest BCUT2D eigenvalue weighted by Gasteiger charge is 2.27. The number of benzene rings is 1. The van der Waals surface area contributed by atoms with Crippen molar-refractivity contribution in [2.24, 2.45) is 0 Å². The number of furan rings is 1. The van der Waals surface area contributed by atoms with Crippen molar-refractivity contribution in [1.29, 1.82) is 0 Å². The summed E-state index contributed by atoms with van der Waals surface area (Å²) in [5, 5.41) is 3.11. The zero-order chi connectivity index (χ0) is 21.2. The first kappa shape index (κ1) is 21.4. The van der Waals surface area contributed by atoms with Gasteiger partial charge in [0.25, 0.3) is 11.8 Å². The SMILES string of the molecule is CNS(=O)(=O)c1ccc(Cl)c(C(=O)N2CCC(NC(=O)c3occc3C)CC2)c1. The molecule has 0 bridgehead atoms. The molecule has 2 aromatic rings. The van der Waals surface area contributed by atoms with Crippen LogP contribution in [-0.2, 0) is 10.0 Å². The smallest absolute Gasteiger partial charge is 0.287 e. The van der Waals surface area contributed by atoms with Gasteiger partial charge in [0, 0.05) is 24.7 Å². The summed E-state index contributed by atoms with van der Waals surface area (Å²) in [6.45, 7) is 2.63. The fourth-order valence-electron chi connectivity index (χ4n) is 3.21. The molecule has 10 heteroatoms. The molecule has 29 heavy (non-hydrogen) atoms. The number of hydrogen-bond donors (Lipinski definition) is 2. The van der Waals surface area contributed by atoms with Crippen molar-refractivity contribution in [3.8, 4) is 0 Å². The molecule has 1 aliphatic heterocycles. The van der Waals surface area contributed by atoms with Crippen LogP contribution in [0, 0.1) is 6.92 Å². The number of rotatable bonds is 5. The van der Waals surface area contributed by atoms with Gasteiger partial charge in [0.2, 0.25) is 10.0 Å². The van der Waals surface area contributed by atoms with Crippen LogP contribution in [0.3, 0.4) is 0 Å². The Morgan fingerprint density at radius 1 is 1.21 bits per heavy atom. The van der Waals surface area contributed by atoms with E-state index in [2.05, 4.69) is 10.0 Å². The summed E-state index contributed by atoms with van der Waals surface area (Å²) < 4.78 is 31.4. The number of carbonyl (C=O) groups excluding carboxylic acids is 2. The normalized spacial score (nSPS) is 15.3. The first-order chi connectivity index (χ1) is 13.7. The molecule has 2 N–H and O–H groups in total. The third-order valence-corrected chi connectivity index (χ3v) is 6.67. The highest BCUT2D eigenvalue weighted by molar-refractivity contribution is 7.89. The van der Waals surface area contributed by atoms with Crippen LogP contribution < -0.4 is 10.0 Å². The molecule has 1 fully saturated rings. The van der Waals surface area contributed by atoms with Crippen molar-refractivity contribution >= 4 is 33.4 Å². The molecule has 0 spiro atoms. The predicted molar refractivity (Wildman–Crippen MR) is 108 cm³/mol. The molecule has 0 unspecified atom stereocenters. The number of carbonyl (C=O) groups is 2. The van der Waals surface area contributed by atoms with E-state index in [1.165, 1.54) is 31.5 Å². The van der Waals surface area contributed by atoms with Gasteiger partial charge in [-0.05, 0) is 51.1 Å². The average Bonchev–Trinajstić information content (AvgIpc) is 3.14. The van der Waals surface area contributed by atoms with Gasteiger partial charge in [0.05, 0.1) is 21.7 Å². The van der Waals surface area contributed by atoms with E-state index in [9.17, 15) is 18.0 Å². The van der Waals surface area contributed by atoms with E-state index in [0.29, 0.717) is 25.9 Å². The van der Waals surface area contributed by atoms with Crippen LogP contribution >= 0.6 is 11.6 Å². The van der Waals surface area contributed by atoms with Gasteiger partial charge in [0.15, 0.2) is 5.76 Å². The van der Waals surface area contributed by atoms with Gasteiger partial charge in [-0.15, -0.1) is 0 Å². The molecule has 2 amide bonds. The monoisotopic (exact) mass is 439 g/mol. The Balaban J connectivity index is 1.65. The van der Waals surface area contributed by atoms with Crippen molar-refractivity contribution < 1.29 is 22.4 Å². The number of piperidine rings is 1. The van der Waals surface area contributed by atoms with Crippen LogP contribution in [0.15, 0.2) is 39.8 Å². The Kier molecular flexibility index (Phi) is 6.30. The van der Waals surface area contributed by atoms with Crippen LogP contribution in [-0.4, -0.2) is 51.3 Å². The molecule has 8 nitrogen and oxygen atoms in total. The summed E-state index contributed by atoms with van der Waals surface area (Å²) in [5.74, 6) is -0.321. The Labute approximate surface area is 174 Å². The summed E-state index contributed by atoms with van der Waals surface area (Å²) in [5.41, 5.74) is 0.901. The van der Waals surface area contributed by atoms with Crippen molar-refractivity contribution in [2.45, 2.75) is 30.7 Å². The zero-order valence-electron chi connectivity index (χ0n) is 16.1. The van der Waals surface area contributed by atoms with E-state index in [0.717, 1.165) is 5.56 Å². The maximum atomic E-state index is 12.9. The number of likely N-dealkylation sites (tertiary alicyclic amines) is 1. The van der Waals surface area contributed by atoms with E-state index in [1.54, 1.807) is 17.9 Å². The van der Waals surface area contributed by atoms with E-state index >= 15 is 0 Å². The van der Waals surface area contributed by atoms with Gasteiger partial charge in [-0.3, -0.25) is 9.59 Å². The molecule has 0 aliphatic carbocycles. The molecule has 0 radical (unpaired) electrons. The van der Waals surface area contributed by atoms with Gasteiger partial charge < -0.3 is 14.6 Å². The molecule has 156 valence electrons. The van der Waals surface area contributed by atoms with Crippen LogP contribution in [0.1, 0.15) is 39.3 Å². The molecule has 1 aromatic carbocycles. The lowest BCUT2D eigenvalue weighted by atomic mass is 10.0. The second kappa shape index (κ2) is 8.56. The fraction of sp³-hybridized carbons (Fsp3) is 0.368. The molecular formula is C19H22ClN3O5S. The molecule has 3 rings (SSSR count). The first-order valence-corrected chi connectivity index (χ1v) is 11.0. The van der Waals surface area contributed by atoms with Gasteiger partial charge in [-0.2, -0.15) is 0 Å². The third kappa shape index (κ3) is 4.63. The van der Waals surface area contributed by atoms with Crippen molar-refractivity contribution in [3.05, 3.63) is 52.4 Å². The number of aryl methyl sites for hydroxylation is 1. The van der Waals surface area contributed by atoms with Crippen LogP contribution in [0.4, 0.5) is 0 Å². The Morgan fingerprint density at radius 2 is 1.90 bits per heavy atom. The number of hydrogen-bond acceptors (Lipinski definition) is 5. The maximum absolute atomic E-state index is 12.9. The molecule has 1 saturated heterocycles. The van der Waals surface area contributed by atoms with E-state index in [1.807, 2.05) is 0 Å². The fourth-order valence-corrected chi connectivity index (χ4v) is 4.16. The molecular weight excluding hydrogens is 418 g/mol. The Bertz CT molecular complexity index is 1030. The molecule has 1 aromatic heterocycles. The topological polar surface area (TPSA) is 109 Å². The number of sulfonamides is 1. The Morgan fingerprint density at radius 3 is 2.48 bits per heavy atom. The van der Waals surface area contributed by atoms with Crippen LogP contribution in [0.5, 0.6) is 0 Å². The minimum absolute atomic E-state index is 0.0243. The second-order valence-corrected chi connectivity index (χ2v) is 9.12. The second-order valence-electron chi connectivity index (χ2n) is 6.82. The highest BCUT2D eigenvalue weighted by atomic mass is 35.5. The highest BCUT2D eigenvalue weighted by Crippen LogP contribution is 2.24. The lowest BCUT2D eigenvalue weighted by molar-refractivity contribution is 0.0695. The summed E-state index contributed by atoms with van der Waals surface area (Å²) >= 11 is 6.14. The summed E-state index contributed by atoms with van der Waals surface area (Å²) in [7, 11) is -2.38. The average molecular weight is 440 g/mol. The third-order valence-electron chi connectivity index (χ3n) is 4.93. The van der Waals surface area contributed by atoms with Gasteiger partial charge >= 0.3 is 0 Å². The lowest BCUT2D eigenvalue weighted by Gasteiger charge is -2.32. The zero-order valence-corrected chi connectivity index (χ0v) is 17.6. The summed E-state index contributed by atoms with van der Waals surface area (Å²) in [6.07, 6.45) is 2.62. The first-order valence-electron chi connectivity index (χ1n) is 9.10. The summed E-state index contributed by atoms with van der Waals surface area (Å²) in [4.78, 5) is 26.7. The van der Waals surface area contributed by atoms with Crippen molar-refractivity contribution in [2.75, 3.05) is 20.1 Å². The Hall–Kier alpha value is -2.36. The standard InChI is InChI=1S/C19H22ClN3O5S/c1-12-7-10-28-17(12)18(24)22-13-5-8-23(9-6-13)19(25)15-11-14(3-4-16(15)20)29(26,27)21-2/h3-4,7,10-11,13,21H,5-6,8-9H2,1-2H3,(H,22,24).